The molecule has 0 heterocycles. The number of rotatable bonds is 6. The lowest BCUT2D eigenvalue weighted by Crippen LogP contribution is -2.37. The Labute approximate surface area is 104 Å². The van der Waals surface area contributed by atoms with Crippen LogP contribution in [0.2, 0.25) is 0 Å². The Morgan fingerprint density at radius 3 is 2.41 bits per heavy atom. The summed E-state index contributed by atoms with van der Waals surface area (Å²) in [5, 5.41) is 27.4. The molecule has 0 aromatic rings. The molecule has 0 aromatic heterocycles. The third-order valence-electron chi connectivity index (χ3n) is 1.87. The number of esters is 1. The van der Waals surface area contributed by atoms with Crippen molar-refractivity contribution in [2.24, 2.45) is 5.73 Å². The zero-order valence-electron chi connectivity index (χ0n) is 10.1. The first-order valence-electron chi connectivity index (χ1n) is 4.95. The Balaban J connectivity index is 4.64. The molecule has 0 bridgehead atoms. The summed E-state index contributed by atoms with van der Waals surface area (Å²) in [5.41, 5.74) is 4.20. The van der Waals surface area contributed by atoms with E-state index in [0.29, 0.717) is 4.91 Å². The summed E-state index contributed by atoms with van der Waals surface area (Å²) in [5.74, 6) is -0.433. The Morgan fingerprint density at radius 2 is 2.06 bits per heavy atom. The highest BCUT2D eigenvalue weighted by atomic mass is 32.2. The molecule has 7 heteroatoms. The van der Waals surface area contributed by atoms with Crippen LogP contribution in [0.4, 0.5) is 0 Å². The summed E-state index contributed by atoms with van der Waals surface area (Å²) in [6.07, 6.45) is -0.482. The highest BCUT2D eigenvalue weighted by Crippen LogP contribution is 2.28. The van der Waals surface area contributed by atoms with Crippen LogP contribution in [0.5, 0.6) is 0 Å². The normalized spacial score (nSPS) is 14.9. The fourth-order valence-electron chi connectivity index (χ4n) is 0.833. The van der Waals surface area contributed by atoms with Crippen molar-refractivity contribution in [3.63, 3.8) is 0 Å². The van der Waals surface area contributed by atoms with Gasteiger partial charge in [-0.15, -0.1) is 11.8 Å². The third kappa shape index (κ3) is 6.64. The monoisotopic (exact) mass is 265 g/mol. The standard InChI is InChI=1S/C10H19NO5S/c1-10(2,15)7(4-8(12)16-3)17-5-6(11)9(13)14/h4,6,9,13-15H,5,11H2,1-3H3/b7-4+/t6-/m0/s1. The van der Waals surface area contributed by atoms with E-state index in [2.05, 4.69) is 4.74 Å². The molecule has 100 valence electrons. The van der Waals surface area contributed by atoms with Crippen LogP contribution >= 0.6 is 11.8 Å². The SMILES string of the molecule is COC(=O)/C=C(/SC[C@H](N)C(O)O)C(C)(C)O. The van der Waals surface area contributed by atoms with Crippen LogP contribution in [0.25, 0.3) is 0 Å². The van der Waals surface area contributed by atoms with Crippen LogP contribution < -0.4 is 5.73 Å². The Bertz CT molecular complexity index is 285. The summed E-state index contributed by atoms with van der Waals surface area (Å²) in [7, 11) is 1.23. The molecule has 5 N–H and O–H groups in total. The van der Waals surface area contributed by atoms with Crippen molar-refractivity contribution in [3.8, 4) is 0 Å². The Hall–Kier alpha value is -0.600. The van der Waals surface area contributed by atoms with E-state index in [1.807, 2.05) is 0 Å². The highest BCUT2D eigenvalue weighted by Gasteiger charge is 2.23. The number of hydrogen-bond donors (Lipinski definition) is 4. The average Bonchev–Trinajstić information content (AvgIpc) is 2.21. The molecule has 0 amide bonds. The second-order valence-corrected chi connectivity index (χ2v) is 5.04. The summed E-state index contributed by atoms with van der Waals surface area (Å²) >= 11 is 1.07. The topological polar surface area (TPSA) is 113 Å². The van der Waals surface area contributed by atoms with E-state index in [9.17, 15) is 9.90 Å². The van der Waals surface area contributed by atoms with E-state index in [-0.39, 0.29) is 5.75 Å². The summed E-state index contributed by atoms with van der Waals surface area (Å²) in [6, 6.07) is -0.858. The fourth-order valence-corrected chi connectivity index (χ4v) is 1.91. The predicted molar refractivity (Wildman–Crippen MR) is 65.1 cm³/mol. The molecule has 1 atom stereocenters. The number of ether oxygens (including phenoxy) is 1. The van der Waals surface area contributed by atoms with Gasteiger partial charge in [-0.1, -0.05) is 0 Å². The van der Waals surface area contributed by atoms with E-state index >= 15 is 0 Å². The second-order valence-electron chi connectivity index (χ2n) is 3.98. The van der Waals surface area contributed by atoms with Gasteiger partial charge in [0.2, 0.25) is 0 Å². The van der Waals surface area contributed by atoms with Crippen molar-refractivity contribution < 1.29 is 24.9 Å². The number of carbonyl (C=O) groups is 1. The number of aliphatic hydroxyl groups is 3. The van der Waals surface area contributed by atoms with E-state index in [4.69, 9.17) is 15.9 Å². The fraction of sp³-hybridized carbons (Fsp3) is 0.700. The molecule has 0 saturated carbocycles. The van der Waals surface area contributed by atoms with Gasteiger partial charge in [-0.3, -0.25) is 0 Å². The summed E-state index contributed by atoms with van der Waals surface area (Å²) in [6.45, 7) is 3.02. The number of hydrogen-bond acceptors (Lipinski definition) is 7. The van der Waals surface area contributed by atoms with Crippen LogP contribution in [-0.2, 0) is 9.53 Å². The Morgan fingerprint density at radius 1 is 1.53 bits per heavy atom. The smallest absolute Gasteiger partial charge is 0.331 e. The molecule has 0 fully saturated rings. The number of nitrogens with two attached hydrogens (primary N) is 1. The summed E-state index contributed by atoms with van der Waals surface area (Å²) < 4.78 is 4.46. The minimum Gasteiger partial charge on any atom is -0.466 e. The number of thioether (sulfide) groups is 1. The maximum Gasteiger partial charge on any atom is 0.331 e. The van der Waals surface area contributed by atoms with Gasteiger partial charge in [0, 0.05) is 16.7 Å². The molecule has 0 aliphatic heterocycles. The molecule has 0 aromatic carbocycles. The summed E-state index contributed by atoms with van der Waals surface area (Å²) in [4.78, 5) is 11.4. The van der Waals surface area contributed by atoms with Crippen LogP contribution in [0.15, 0.2) is 11.0 Å². The maximum absolute atomic E-state index is 11.1. The van der Waals surface area contributed by atoms with Crippen molar-refractivity contribution in [1.82, 2.24) is 0 Å². The minimum atomic E-state index is -1.64. The molecule has 0 rings (SSSR count). The van der Waals surface area contributed by atoms with Crippen molar-refractivity contribution >= 4 is 17.7 Å². The van der Waals surface area contributed by atoms with Gasteiger partial charge in [-0.25, -0.2) is 4.79 Å². The lowest BCUT2D eigenvalue weighted by Gasteiger charge is -2.22. The van der Waals surface area contributed by atoms with Crippen molar-refractivity contribution in [2.45, 2.75) is 31.8 Å². The first kappa shape index (κ1) is 16.4. The number of carbonyl (C=O) groups excluding carboxylic acids is 1. The van der Waals surface area contributed by atoms with Gasteiger partial charge >= 0.3 is 5.97 Å². The highest BCUT2D eigenvalue weighted by molar-refractivity contribution is 8.03. The minimum absolute atomic E-state index is 0.157. The largest absolute Gasteiger partial charge is 0.466 e. The van der Waals surface area contributed by atoms with Gasteiger partial charge in [0.05, 0.1) is 18.8 Å². The average molecular weight is 265 g/mol. The van der Waals surface area contributed by atoms with E-state index < -0.39 is 23.9 Å². The first-order chi connectivity index (χ1) is 7.68. The maximum atomic E-state index is 11.1. The zero-order chi connectivity index (χ0) is 13.6. The predicted octanol–water partition coefficient (Wildman–Crippen LogP) is -0.815. The molecule has 6 nitrogen and oxygen atoms in total. The first-order valence-corrected chi connectivity index (χ1v) is 5.94. The third-order valence-corrected chi connectivity index (χ3v) is 3.35. The molecular weight excluding hydrogens is 246 g/mol. The van der Waals surface area contributed by atoms with Crippen molar-refractivity contribution in [3.05, 3.63) is 11.0 Å². The van der Waals surface area contributed by atoms with Crippen LogP contribution in [0.1, 0.15) is 13.8 Å². The van der Waals surface area contributed by atoms with Crippen LogP contribution in [-0.4, -0.2) is 52.1 Å². The molecule has 0 aliphatic rings. The van der Waals surface area contributed by atoms with Gasteiger partial charge in [0.15, 0.2) is 6.29 Å². The molecule has 0 unspecified atom stereocenters. The van der Waals surface area contributed by atoms with Gasteiger partial charge in [0.25, 0.3) is 0 Å². The lowest BCUT2D eigenvalue weighted by atomic mass is 10.1. The zero-order valence-corrected chi connectivity index (χ0v) is 10.9. The molecule has 0 spiro atoms. The van der Waals surface area contributed by atoms with Crippen LogP contribution in [0, 0.1) is 0 Å². The van der Waals surface area contributed by atoms with Gasteiger partial charge < -0.3 is 25.8 Å². The van der Waals surface area contributed by atoms with E-state index in [0.717, 1.165) is 17.8 Å². The Kier molecular flexibility index (Phi) is 6.73. The van der Waals surface area contributed by atoms with Gasteiger partial charge in [-0.2, -0.15) is 0 Å². The molecule has 0 radical (unpaired) electrons. The molecule has 0 aliphatic carbocycles. The molecular formula is C10H19NO5S. The van der Waals surface area contributed by atoms with E-state index in [1.165, 1.54) is 21.0 Å². The second kappa shape index (κ2) is 6.97. The van der Waals surface area contributed by atoms with Gasteiger partial charge in [0.1, 0.15) is 0 Å². The van der Waals surface area contributed by atoms with Crippen molar-refractivity contribution in [2.75, 3.05) is 12.9 Å². The molecule has 17 heavy (non-hydrogen) atoms. The molecule has 0 saturated heterocycles. The van der Waals surface area contributed by atoms with Gasteiger partial charge in [-0.05, 0) is 13.8 Å². The quantitative estimate of drug-likeness (QED) is 0.282. The number of methoxy groups -OCH3 is 1. The number of aliphatic hydroxyl groups excluding tert-OH is 1. The van der Waals surface area contributed by atoms with Crippen molar-refractivity contribution in [1.29, 1.82) is 0 Å². The lowest BCUT2D eigenvalue weighted by molar-refractivity contribution is -0.135. The van der Waals surface area contributed by atoms with E-state index in [1.54, 1.807) is 0 Å². The van der Waals surface area contributed by atoms with Crippen LogP contribution in [0.3, 0.4) is 0 Å².